The van der Waals surface area contributed by atoms with Gasteiger partial charge in [-0.05, 0) is 53.6 Å². The molecule has 192 valence electrons. The normalized spacial score (nSPS) is 16.7. The molecule has 7 nitrogen and oxygen atoms in total. The van der Waals surface area contributed by atoms with E-state index in [0.717, 1.165) is 11.3 Å². The van der Waals surface area contributed by atoms with Crippen molar-refractivity contribution in [2.75, 3.05) is 12.0 Å². The van der Waals surface area contributed by atoms with E-state index in [0.29, 0.717) is 37.6 Å². The Morgan fingerprint density at radius 1 is 1.11 bits per heavy atom. The van der Waals surface area contributed by atoms with Crippen LogP contribution in [0.4, 0.5) is 9.52 Å². The molecule has 2 heterocycles. The highest BCUT2D eigenvalue weighted by molar-refractivity contribution is 8.00. The van der Waals surface area contributed by atoms with Crippen molar-refractivity contribution in [2.45, 2.75) is 16.1 Å². The molecule has 0 bridgehead atoms. The van der Waals surface area contributed by atoms with Gasteiger partial charge in [0.15, 0.2) is 4.34 Å². The lowest BCUT2D eigenvalue weighted by Gasteiger charge is -2.22. The number of thioether (sulfide) groups is 1. The minimum atomic E-state index is -0.988. The van der Waals surface area contributed by atoms with E-state index >= 15 is 0 Å². The first-order valence-corrected chi connectivity index (χ1v) is 13.5. The van der Waals surface area contributed by atoms with Crippen molar-refractivity contribution in [3.05, 3.63) is 106 Å². The number of Topliss-reactive ketones (excluding diaryl/α,β-unsaturated/α-hetero) is 1. The van der Waals surface area contributed by atoms with Crippen molar-refractivity contribution in [2.24, 2.45) is 0 Å². The third-order valence-electron chi connectivity index (χ3n) is 5.88. The topological polar surface area (TPSA) is 92.6 Å². The zero-order valence-corrected chi connectivity index (χ0v) is 22.2. The van der Waals surface area contributed by atoms with Gasteiger partial charge in [0.2, 0.25) is 5.13 Å². The number of ketones is 1. The van der Waals surface area contributed by atoms with Crippen molar-refractivity contribution in [3.8, 4) is 5.75 Å². The fourth-order valence-electron chi connectivity index (χ4n) is 4.03. The third-order valence-corrected chi connectivity index (χ3v) is 8.24. The van der Waals surface area contributed by atoms with E-state index in [1.807, 2.05) is 0 Å². The summed E-state index contributed by atoms with van der Waals surface area (Å²) >= 11 is 8.35. The van der Waals surface area contributed by atoms with Crippen LogP contribution in [0.2, 0.25) is 5.02 Å². The van der Waals surface area contributed by atoms with Crippen LogP contribution in [-0.2, 0) is 15.3 Å². The van der Waals surface area contributed by atoms with Crippen LogP contribution in [0.5, 0.6) is 5.75 Å². The van der Waals surface area contributed by atoms with Crippen LogP contribution < -0.4 is 9.64 Å². The predicted octanol–water partition coefficient (Wildman–Crippen LogP) is 6.26. The van der Waals surface area contributed by atoms with Crippen LogP contribution in [0.25, 0.3) is 5.76 Å². The lowest BCUT2D eigenvalue weighted by Crippen LogP contribution is -2.29. The summed E-state index contributed by atoms with van der Waals surface area (Å²) in [4.78, 5) is 27.9. The number of hydrogen-bond acceptors (Lipinski definition) is 8. The largest absolute Gasteiger partial charge is 0.507 e. The molecule has 1 unspecified atom stereocenters. The summed E-state index contributed by atoms with van der Waals surface area (Å²) < 4.78 is 19.9. The molecule has 0 aliphatic carbocycles. The van der Waals surface area contributed by atoms with Gasteiger partial charge >= 0.3 is 5.91 Å². The Balaban J connectivity index is 1.56. The maximum Gasteiger partial charge on any atom is 0.301 e. The fourth-order valence-corrected chi connectivity index (χ4v) is 6.01. The number of rotatable bonds is 7. The fraction of sp³-hybridized carbons (Fsp3) is 0.111. The molecule has 3 aromatic carbocycles. The minimum absolute atomic E-state index is 0.0960. The van der Waals surface area contributed by atoms with Gasteiger partial charge in [-0.3, -0.25) is 14.5 Å². The molecule has 11 heteroatoms. The molecule has 1 atom stereocenters. The van der Waals surface area contributed by atoms with Crippen LogP contribution >= 0.6 is 34.7 Å². The van der Waals surface area contributed by atoms with Crippen molar-refractivity contribution < 1.29 is 23.8 Å². The van der Waals surface area contributed by atoms with Gasteiger partial charge in [-0.25, -0.2) is 4.39 Å². The standard InChI is InChI=1S/C27H19ClFN3O4S2/c1-36-19-7-4-6-16(13-19)22-21(23(33)15-9-11-18(28)12-10-15)24(34)25(35)32(22)26-30-31-27(38-26)37-14-17-5-2-3-8-20(17)29/h2-13,22,33H,14H2,1H3/b23-21-. The average Bonchev–Trinajstić information content (AvgIpc) is 3.50. The summed E-state index contributed by atoms with van der Waals surface area (Å²) in [5.74, 6) is -1.55. The number of anilines is 1. The number of benzene rings is 3. The molecule has 1 saturated heterocycles. The van der Waals surface area contributed by atoms with E-state index in [-0.39, 0.29) is 22.3 Å². The number of aliphatic hydroxyl groups excluding tert-OH is 1. The van der Waals surface area contributed by atoms with Crippen molar-refractivity contribution in [3.63, 3.8) is 0 Å². The maximum absolute atomic E-state index is 14.0. The number of methoxy groups -OCH3 is 1. The van der Waals surface area contributed by atoms with E-state index in [1.165, 1.54) is 29.8 Å². The highest BCUT2D eigenvalue weighted by Gasteiger charge is 2.48. The van der Waals surface area contributed by atoms with Gasteiger partial charge in [0.05, 0.1) is 18.7 Å². The second-order valence-corrected chi connectivity index (χ2v) is 10.8. The van der Waals surface area contributed by atoms with Crippen LogP contribution in [-0.4, -0.2) is 34.1 Å². The van der Waals surface area contributed by atoms with Gasteiger partial charge in [0.25, 0.3) is 5.78 Å². The first-order chi connectivity index (χ1) is 18.4. The second kappa shape index (κ2) is 10.9. The minimum Gasteiger partial charge on any atom is -0.507 e. The number of carbonyl (C=O) groups is 2. The molecule has 4 aromatic rings. The molecular formula is C27H19ClFN3O4S2. The number of hydrogen-bond donors (Lipinski definition) is 1. The van der Waals surface area contributed by atoms with Crippen molar-refractivity contribution >= 4 is 57.3 Å². The van der Waals surface area contributed by atoms with E-state index in [2.05, 4.69) is 10.2 Å². The first kappa shape index (κ1) is 25.9. The Kier molecular flexibility index (Phi) is 7.46. The number of ether oxygens (including phenoxy) is 1. The van der Waals surface area contributed by atoms with Crippen molar-refractivity contribution in [1.82, 2.24) is 10.2 Å². The smallest absolute Gasteiger partial charge is 0.301 e. The van der Waals surface area contributed by atoms with Gasteiger partial charge < -0.3 is 9.84 Å². The molecule has 1 amide bonds. The van der Waals surface area contributed by atoms with E-state index in [4.69, 9.17) is 16.3 Å². The Hall–Kier alpha value is -3.73. The lowest BCUT2D eigenvalue weighted by atomic mass is 9.95. The van der Waals surface area contributed by atoms with Crippen LogP contribution in [0.15, 0.2) is 82.7 Å². The second-order valence-electron chi connectivity index (χ2n) is 8.18. The zero-order chi connectivity index (χ0) is 26.8. The summed E-state index contributed by atoms with van der Waals surface area (Å²) in [6, 6.07) is 18.6. The Morgan fingerprint density at radius 3 is 2.61 bits per heavy atom. The first-order valence-electron chi connectivity index (χ1n) is 11.3. The molecule has 1 aromatic heterocycles. The number of carbonyl (C=O) groups excluding carboxylic acids is 2. The third kappa shape index (κ3) is 5.02. The monoisotopic (exact) mass is 567 g/mol. The molecule has 0 radical (unpaired) electrons. The van der Waals surface area contributed by atoms with Gasteiger partial charge in [-0.15, -0.1) is 10.2 Å². The molecule has 1 aliphatic rings. The van der Waals surface area contributed by atoms with Gasteiger partial charge in [-0.1, -0.05) is 65.0 Å². The van der Waals surface area contributed by atoms with Crippen molar-refractivity contribution in [1.29, 1.82) is 0 Å². The molecule has 1 aliphatic heterocycles. The highest BCUT2D eigenvalue weighted by Crippen LogP contribution is 2.44. The summed E-state index contributed by atoms with van der Waals surface area (Å²) in [5.41, 5.74) is 1.28. The number of amides is 1. The highest BCUT2D eigenvalue weighted by atomic mass is 35.5. The quantitative estimate of drug-likeness (QED) is 0.0926. The molecule has 5 rings (SSSR count). The molecular weight excluding hydrogens is 549 g/mol. The average molecular weight is 568 g/mol. The summed E-state index contributed by atoms with van der Waals surface area (Å²) in [6.45, 7) is 0. The molecule has 0 spiro atoms. The van der Waals surface area contributed by atoms with Gasteiger partial charge in [0.1, 0.15) is 17.3 Å². The summed E-state index contributed by atoms with van der Waals surface area (Å²) in [6.07, 6.45) is 0. The van der Waals surface area contributed by atoms with E-state index in [9.17, 15) is 19.1 Å². The van der Waals surface area contributed by atoms with Crippen LogP contribution in [0, 0.1) is 5.82 Å². The SMILES string of the molecule is COc1cccc(C2/C(=C(/O)c3ccc(Cl)cc3)C(=O)C(=O)N2c2nnc(SCc3ccccc3F)s2)c1. The van der Waals surface area contributed by atoms with Gasteiger partial charge in [-0.2, -0.15) is 0 Å². The number of nitrogens with zero attached hydrogens (tertiary/aromatic N) is 3. The Morgan fingerprint density at radius 2 is 1.87 bits per heavy atom. The Labute approximate surface area is 230 Å². The Bertz CT molecular complexity index is 1560. The number of halogens is 2. The number of aliphatic hydroxyl groups is 1. The summed E-state index contributed by atoms with van der Waals surface area (Å²) in [5, 5.41) is 20.1. The summed E-state index contributed by atoms with van der Waals surface area (Å²) in [7, 11) is 1.51. The number of aromatic nitrogens is 2. The van der Waals surface area contributed by atoms with Gasteiger partial charge in [0, 0.05) is 16.3 Å². The molecule has 38 heavy (non-hydrogen) atoms. The molecule has 1 N–H and O–H groups in total. The predicted molar refractivity (Wildman–Crippen MR) is 145 cm³/mol. The van der Waals surface area contributed by atoms with Crippen LogP contribution in [0.3, 0.4) is 0 Å². The van der Waals surface area contributed by atoms with Crippen LogP contribution in [0.1, 0.15) is 22.7 Å². The maximum atomic E-state index is 14.0. The van der Waals surface area contributed by atoms with E-state index < -0.39 is 17.7 Å². The molecule has 0 saturated carbocycles. The molecule has 1 fully saturated rings. The lowest BCUT2D eigenvalue weighted by molar-refractivity contribution is -0.132. The van der Waals surface area contributed by atoms with E-state index in [1.54, 1.807) is 66.7 Å². The zero-order valence-electron chi connectivity index (χ0n) is 19.8.